The zero-order valence-corrected chi connectivity index (χ0v) is 14.3. The number of likely N-dealkylation sites (N-methyl/N-ethyl adjacent to an activating group) is 1. The number of aromatic nitrogens is 1. The molecule has 1 aromatic heterocycles. The summed E-state index contributed by atoms with van der Waals surface area (Å²) < 4.78 is 12.8. The second-order valence-corrected chi connectivity index (χ2v) is 5.62. The minimum absolute atomic E-state index is 0.740. The van der Waals surface area contributed by atoms with E-state index in [1.54, 1.807) is 14.2 Å². The van der Waals surface area contributed by atoms with Crippen LogP contribution in [-0.2, 0) is 6.54 Å². The second-order valence-electron chi connectivity index (χ2n) is 5.62. The molecule has 0 fully saturated rings. The summed E-state index contributed by atoms with van der Waals surface area (Å²) in [6.45, 7) is 2.03. The van der Waals surface area contributed by atoms with Gasteiger partial charge in [0.25, 0.3) is 0 Å². The average Bonchev–Trinajstić information content (AvgIpc) is 2.58. The van der Waals surface area contributed by atoms with Crippen molar-refractivity contribution in [2.24, 2.45) is 0 Å². The van der Waals surface area contributed by atoms with Crippen LogP contribution in [0.3, 0.4) is 0 Å². The van der Waals surface area contributed by atoms with Crippen molar-refractivity contribution in [1.82, 2.24) is 4.90 Å². The molecule has 0 amide bonds. The smallest absolute Gasteiger partial charge is 0.169 e. The van der Waals surface area contributed by atoms with Crippen LogP contribution in [0.2, 0.25) is 0 Å². The number of ether oxygens (including phenoxy) is 2. The molecule has 23 heavy (non-hydrogen) atoms. The van der Waals surface area contributed by atoms with Gasteiger partial charge >= 0.3 is 0 Å². The van der Waals surface area contributed by atoms with Crippen molar-refractivity contribution in [3.63, 3.8) is 0 Å². The highest BCUT2D eigenvalue weighted by Crippen LogP contribution is 2.28. The molecule has 0 unspecified atom stereocenters. The number of benzene rings is 1. The first kappa shape index (κ1) is 17.0. The number of methoxy groups -OCH3 is 2. The summed E-state index contributed by atoms with van der Waals surface area (Å²) in [7, 11) is 7.46. The van der Waals surface area contributed by atoms with Crippen molar-refractivity contribution in [3.05, 3.63) is 53.9 Å². The lowest BCUT2D eigenvalue weighted by molar-refractivity contribution is -0.696. The van der Waals surface area contributed by atoms with E-state index in [0.29, 0.717) is 0 Å². The standard InChI is InChI=1S/C19H25N2O2/c1-20(2)13-14-21-11-9-16(10-12-21)5-6-17-7-8-18(22-3)19(15-17)23-4/h5-12,15H,13-14H2,1-4H3/q+1. The first-order chi connectivity index (χ1) is 11.1. The minimum atomic E-state index is 0.740. The maximum atomic E-state index is 5.32. The third kappa shape index (κ3) is 5.11. The molecule has 0 saturated heterocycles. The van der Waals surface area contributed by atoms with E-state index < -0.39 is 0 Å². The Morgan fingerprint density at radius 1 is 0.913 bits per heavy atom. The Kier molecular flexibility index (Phi) is 6.18. The molecule has 1 aromatic carbocycles. The highest BCUT2D eigenvalue weighted by molar-refractivity contribution is 5.70. The fourth-order valence-electron chi connectivity index (χ4n) is 2.19. The predicted octanol–water partition coefficient (Wildman–Crippen LogP) is 2.72. The molecule has 0 atom stereocenters. The van der Waals surface area contributed by atoms with Crippen LogP contribution in [0.4, 0.5) is 0 Å². The first-order valence-electron chi connectivity index (χ1n) is 7.66. The van der Waals surface area contributed by atoms with Crippen molar-refractivity contribution in [2.75, 3.05) is 34.9 Å². The van der Waals surface area contributed by atoms with Gasteiger partial charge in [0, 0.05) is 12.1 Å². The number of hydrogen-bond donors (Lipinski definition) is 0. The van der Waals surface area contributed by atoms with Gasteiger partial charge in [-0.2, -0.15) is 0 Å². The topological polar surface area (TPSA) is 25.6 Å². The SMILES string of the molecule is COc1ccc(C=Cc2cc[n+](CCN(C)C)cc2)cc1OC. The lowest BCUT2D eigenvalue weighted by Gasteiger charge is -2.07. The van der Waals surface area contributed by atoms with Crippen LogP contribution in [0.1, 0.15) is 11.1 Å². The monoisotopic (exact) mass is 313 g/mol. The van der Waals surface area contributed by atoms with Crippen molar-refractivity contribution >= 4 is 12.2 Å². The van der Waals surface area contributed by atoms with Crippen molar-refractivity contribution in [1.29, 1.82) is 0 Å². The highest BCUT2D eigenvalue weighted by Gasteiger charge is 2.03. The van der Waals surface area contributed by atoms with Crippen LogP contribution in [-0.4, -0.2) is 39.8 Å². The van der Waals surface area contributed by atoms with Crippen molar-refractivity contribution in [3.8, 4) is 11.5 Å². The molecule has 1 heterocycles. The summed E-state index contributed by atoms with van der Waals surface area (Å²) in [5.41, 5.74) is 2.24. The van der Waals surface area contributed by atoms with Crippen LogP contribution in [0.15, 0.2) is 42.7 Å². The van der Waals surface area contributed by atoms with E-state index in [2.05, 4.69) is 60.2 Å². The van der Waals surface area contributed by atoms with E-state index in [9.17, 15) is 0 Å². The van der Waals surface area contributed by atoms with Crippen LogP contribution in [0, 0.1) is 0 Å². The molecule has 0 saturated carbocycles. The summed E-state index contributed by atoms with van der Waals surface area (Å²) in [6.07, 6.45) is 8.38. The number of nitrogens with zero attached hydrogens (tertiary/aromatic N) is 2. The van der Waals surface area contributed by atoms with Gasteiger partial charge in [-0.15, -0.1) is 0 Å². The average molecular weight is 313 g/mol. The third-order valence-corrected chi connectivity index (χ3v) is 3.60. The van der Waals surface area contributed by atoms with Gasteiger partial charge in [0.1, 0.15) is 0 Å². The molecule has 4 heteroatoms. The molecular weight excluding hydrogens is 288 g/mol. The maximum absolute atomic E-state index is 5.32. The molecule has 122 valence electrons. The van der Waals surface area contributed by atoms with E-state index in [1.807, 2.05) is 18.2 Å². The highest BCUT2D eigenvalue weighted by atomic mass is 16.5. The fraction of sp³-hybridized carbons (Fsp3) is 0.316. The van der Waals surface area contributed by atoms with Crippen LogP contribution < -0.4 is 14.0 Å². The summed E-state index contributed by atoms with van der Waals surface area (Å²) >= 11 is 0. The second kappa shape index (κ2) is 8.34. The summed E-state index contributed by atoms with van der Waals surface area (Å²) in [6, 6.07) is 10.1. The predicted molar refractivity (Wildman–Crippen MR) is 93.7 cm³/mol. The minimum Gasteiger partial charge on any atom is -0.493 e. The van der Waals surface area contributed by atoms with E-state index in [0.717, 1.165) is 30.2 Å². The Bertz CT molecular complexity index is 649. The Hall–Kier alpha value is -2.33. The molecule has 0 aliphatic heterocycles. The molecule has 0 aliphatic carbocycles. The molecule has 2 aromatic rings. The number of pyridine rings is 1. The van der Waals surface area contributed by atoms with E-state index in [4.69, 9.17) is 9.47 Å². The van der Waals surface area contributed by atoms with Gasteiger partial charge in [0.2, 0.25) is 0 Å². The van der Waals surface area contributed by atoms with Gasteiger partial charge < -0.3 is 14.4 Å². The van der Waals surface area contributed by atoms with Gasteiger partial charge in [-0.25, -0.2) is 4.57 Å². The normalized spacial score (nSPS) is 11.2. The van der Waals surface area contributed by atoms with E-state index in [1.165, 1.54) is 5.56 Å². The van der Waals surface area contributed by atoms with Crippen LogP contribution >= 0.6 is 0 Å². The van der Waals surface area contributed by atoms with Crippen molar-refractivity contribution < 1.29 is 14.0 Å². The molecule has 0 aliphatic rings. The quantitative estimate of drug-likeness (QED) is 0.735. The largest absolute Gasteiger partial charge is 0.493 e. The van der Waals surface area contributed by atoms with Gasteiger partial charge in [-0.05, 0) is 37.4 Å². The molecule has 0 radical (unpaired) electrons. The zero-order valence-electron chi connectivity index (χ0n) is 14.3. The molecule has 0 bridgehead atoms. The Morgan fingerprint density at radius 2 is 1.57 bits per heavy atom. The van der Waals surface area contributed by atoms with Crippen molar-refractivity contribution in [2.45, 2.75) is 6.54 Å². The van der Waals surface area contributed by atoms with Gasteiger partial charge in [-0.3, -0.25) is 0 Å². The number of rotatable bonds is 7. The van der Waals surface area contributed by atoms with Gasteiger partial charge in [0.15, 0.2) is 30.4 Å². The lowest BCUT2D eigenvalue weighted by atomic mass is 10.1. The third-order valence-electron chi connectivity index (χ3n) is 3.60. The van der Waals surface area contributed by atoms with Gasteiger partial charge in [-0.1, -0.05) is 18.2 Å². The summed E-state index contributed by atoms with van der Waals surface area (Å²) in [5, 5.41) is 0. The Morgan fingerprint density at radius 3 is 2.17 bits per heavy atom. The fourth-order valence-corrected chi connectivity index (χ4v) is 2.19. The lowest BCUT2D eigenvalue weighted by Crippen LogP contribution is -2.37. The summed E-state index contributed by atoms with van der Waals surface area (Å²) in [4.78, 5) is 2.18. The Balaban J connectivity index is 2.05. The molecule has 2 rings (SSSR count). The van der Waals surface area contributed by atoms with E-state index in [-0.39, 0.29) is 0 Å². The Labute approximate surface area is 138 Å². The summed E-state index contributed by atoms with van der Waals surface area (Å²) in [5.74, 6) is 1.48. The van der Waals surface area contributed by atoms with Crippen LogP contribution in [0.5, 0.6) is 11.5 Å². The zero-order chi connectivity index (χ0) is 16.7. The van der Waals surface area contributed by atoms with Gasteiger partial charge in [0.05, 0.1) is 20.8 Å². The van der Waals surface area contributed by atoms with Crippen LogP contribution in [0.25, 0.3) is 12.2 Å². The molecule has 0 spiro atoms. The number of hydrogen-bond acceptors (Lipinski definition) is 3. The van der Waals surface area contributed by atoms with E-state index >= 15 is 0 Å². The maximum Gasteiger partial charge on any atom is 0.169 e. The molecule has 0 N–H and O–H groups in total. The molecular formula is C19H25N2O2+. The molecule has 4 nitrogen and oxygen atoms in total. The first-order valence-corrected chi connectivity index (χ1v) is 7.66.